The van der Waals surface area contributed by atoms with Crippen molar-refractivity contribution in [2.75, 3.05) is 0 Å². The molecule has 0 saturated heterocycles. The van der Waals surface area contributed by atoms with Gasteiger partial charge in [-0.3, -0.25) is 4.79 Å². The van der Waals surface area contributed by atoms with Crippen LogP contribution in [-0.4, -0.2) is 23.3 Å². The molecule has 3 nitrogen and oxygen atoms in total. The van der Waals surface area contributed by atoms with E-state index in [1.807, 2.05) is 0 Å². The number of hydrogen-bond donors (Lipinski definition) is 2. The van der Waals surface area contributed by atoms with E-state index in [0.29, 0.717) is 5.56 Å². The predicted molar refractivity (Wildman–Crippen MR) is 53.8 cm³/mol. The third-order valence-electron chi connectivity index (χ3n) is 1.73. The first-order valence-corrected chi connectivity index (χ1v) is 4.30. The van der Waals surface area contributed by atoms with E-state index in [1.54, 1.807) is 30.3 Å². The second-order valence-electron chi connectivity index (χ2n) is 2.90. The van der Waals surface area contributed by atoms with Crippen LogP contribution in [0.5, 0.6) is 0 Å². The van der Waals surface area contributed by atoms with Crippen LogP contribution < -0.4 is 5.73 Å². The fourth-order valence-electron chi connectivity index (χ4n) is 0.889. The molecule has 0 heterocycles. The SMILES string of the molecule is N[C@H](C(=O)O)[C@H](F)C#Cc1ccccc1. The number of carboxylic acids is 1. The summed E-state index contributed by atoms with van der Waals surface area (Å²) in [6, 6.07) is 7.13. The van der Waals surface area contributed by atoms with E-state index in [1.165, 1.54) is 0 Å². The standard InChI is InChI=1S/C11H10FNO2/c12-9(10(13)11(14)15)7-6-8-4-2-1-3-5-8/h1-5,9-10H,13H2,(H,14,15)/t9-,10+/m1/s1. The highest BCUT2D eigenvalue weighted by molar-refractivity contribution is 5.74. The van der Waals surface area contributed by atoms with Crippen molar-refractivity contribution in [1.82, 2.24) is 0 Å². The Morgan fingerprint density at radius 2 is 2.00 bits per heavy atom. The highest BCUT2D eigenvalue weighted by Crippen LogP contribution is 1.98. The van der Waals surface area contributed by atoms with Crippen molar-refractivity contribution in [3.63, 3.8) is 0 Å². The molecule has 0 aliphatic heterocycles. The Labute approximate surface area is 86.7 Å². The molecule has 0 aliphatic carbocycles. The Morgan fingerprint density at radius 1 is 1.40 bits per heavy atom. The summed E-state index contributed by atoms with van der Waals surface area (Å²) < 4.78 is 13.1. The number of alkyl halides is 1. The van der Waals surface area contributed by atoms with E-state index in [9.17, 15) is 9.18 Å². The summed E-state index contributed by atoms with van der Waals surface area (Å²) in [7, 11) is 0. The Kier molecular flexibility index (Phi) is 3.83. The molecule has 0 radical (unpaired) electrons. The van der Waals surface area contributed by atoms with E-state index in [0.717, 1.165) is 0 Å². The lowest BCUT2D eigenvalue weighted by Gasteiger charge is -2.04. The van der Waals surface area contributed by atoms with Crippen LogP contribution in [0.4, 0.5) is 4.39 Å². The minimum absolute atomic E-state index is 0.623. The van der Waals surface area contributed by atoms with Crippen LogP contribution in [0.15, 0.2) is 30.3 Å². The molecule has 1 aromatic rings. The summed E-state index contributed by atoms with van der Waals surface area (Å²) in [5.41, 5.74) is 5.67. The number of carbonyl (C=O) groups is 1. The van der Waals surface area contributed by atoms with Crippen LogP contribution in [-0.2, 0) is 4.79 Å². The van der Waals surface area contributed by atoms with Crippen molar-refractivity contribution in [3.05, 3.63) is 35.9 Å². The van der Waals surface area contributed by atoms with Crippen LogP contribution in [0.1, 0.15) is 5.56 Å². The fourth-order valence-corrected chi connectivity index (χ4v) is 0.889. The highest BCUT2D eigenvalue weighted by atomic mass is 19.1. The van der Waals surface area contributed by atoms with Gasteiger partial charge in [-0.25, -0.2) is 4.39 Å². The van der Waals surface area contributed by atoms with Gasteiger partial charge in [0.2, 0.25) is 0 Å². The van der Waals surface area contributed by atoms with Crippen molar-refractivity contribution >= 4 is 5.97 Å². The molecule has 78 valence electrons. The van der Waals surface area contributed by atoms with Gasteiger partial charge in [-0.2, -0.15) is 0 Å². The van der Waals surface area contributed by atoms with E-state index in [4.69, 9.17) is 10.8 Å². The Hall–Kier alpha value is -1.86. The zero-order valence-corrected chi connectivity index (χ0v) is 7.85. The average molecular weight is 207 g/mol. The molecule has 0 amide bonds. The number of benzene rings is 1. The van der Waals surface area contributed by atoms with Crippen molar-refractivity contribution in [2.45, 2.75) is 12.2 Å². The summed E-state index contributed by atoms with van der Waals surface area (Å²) in [4.78, 5) is 10.3. The third-order valence-corrected chi connectivity index (χ3v) is 1.73. The topological polar surface area (TPSA) is 63.3 Å². The maximum absolute atomic E-state index is 13.1. The maximum atomic E-state index is 13.1. The summed E-state index contributed by atoms with van der Waals surface area (Å²) in [6.45, 7) is 0. The average Bonchev–Trinajstić information content (AvgIpc) is 2.26. The zero-order valence-electron chi connectivity index (χ0n) is 7.85. The number of halogens is 1. The molecule has 0 unspecified atom stereocenters. The van der Waals surface area contributed by atoms with Gasteiger partial charge in [0.1, 0.15) is 6.04 Å². The number of rotatable bonds is 2. The van der Waals surface area contributed by atoms with Crippen molar-refractivity contribution in [3.8, 4) is 11.8 Å². The van der Waals surface area contributed by atoms with Crippen molar-refractivity contribution in [2.24, 2.45) is 5.73 Å². The first-order chi connectivity index (χ1) is 7.11. The summed E-state index contributed by atoms with van der Waals surface area (Å²) >= 11 is 0. The zero-order chi connectivity index (χ0) is 11.3. The molecule has 1 rings (SSSR count). The summed E-state index contributed by atoms with van der Waals surface area (Å²) in [5, 5.41) is 8.42. The van der Waals surface area contributed by atoms with Crippen LogP contribution in [0, 0.1) is 11.8 Å². The largest absolute Gasteiger partial charge is 0.480 e. The molecule has 3 N–H and O–H groups in total. The van der Waals surface area contributed by atoms with Crippen LogP contribution in [0.25, 0.3) is 0 Å². The third kappa shape index (κ3) is 3.41. The van der Waals surface area contributed by atoms with Gasteiger partial charge < -0.3 is 10.8 Å². The number of carboxylic acid groups (broad SMARTS) is 1. The first-order valence-electron chi connectivity index (χ1n) is 4.30. The predicted octanol–water partition coefficient (Wildman–Crippen LogP) is 0.788. The minimum atomic E-state index is -1.86. The monoisotopic (exact) mass is 207 g/mol. The van der Waals surface area contributed by atoms with Gasteiger partial charge in [0.15, 0.2) is 6.17 Å². The lowest BCUT2D eigenvalue weighted by atomic mass is 10.1. The molecule has 0 spiro atoms. The Balaban J connectivity index is 2.70. The van der Waals surface area contributed by atoms with Gasteiger partial charge in [0.05, 0.1) is 0 Å². The molecule has 4 heteroatoms. The van der Waals surface area contributed by atoms with Crippen LogP contribution in [0.3, 0.4) is 0 Å². The lowest BCUT2D eigenvalue weighted by Crippen LogP contribution is -2.38. The Bertz CT molecular complexity index is 394. The molecular formula is C11H10FNO2. The molecule has 0 saturated carbocycles. The van der Waals surface area contributed by atoms with Gasteiger partial charge in [0.25, 0.3) is 0 Å². The van der Waals surface area contributed by atoms with Gasteiger partial charge in [-0.15, -0.1) is 0 Å². The fraction of sp³-hybridized carbons (Fsp3) is 0.182. The molecule has 0 bridgehead atoms. The first kappa shape index (κ1) is 11.2. The molecular weight excluding hydrogens is 197 g/mol. The smallest absolute Gasteiger partial charge is 0.324 e. The van der Waals surface area contributed by atoms with Crippen molar-refractivity contribution in [1.29, 1.82) is 0 Å². The number of hydrogen-bond acceptors (Lipinski definition) is 2. The van der Waals surface area contributed by atoms with Crippen molar-refractivity contribution < 1.29 is 14.3 Å². The molecule has 15 heavy (non-hydrogen) atoms. The summed E-state index contributed by atoms with van der Waals surface area (Å²) in [6.07, 6.45) is -1.86. The molecule has 2 atom stereocenters. The normalized spacial score (nSPS) is 13.5. The second kappa shape index (κ2) is 5.13. The quantitative estimate of drug-likeness (QED) is 0.705. The molecule has 0 fully saturated rings. The number of aliphatic carboxylic acids is 1. The van der Waals surface area contributed by atoms with Crippen LogP contribution >= 0.6 is 0 Å². The minimum Gasteiger partial charge on any atom is -0.480 e. The van der Waals surface area contributed by atoms with E-state index in [-0.39, 0.29) is 0 Å². The maximum Gasteiger partial charge on any atom is 0.324 e. The van der Waals surface area contributed by atoms with Crippen LogP contribution in [0.2, 0.25) is 0 Å². The van der Waals surface area contributed by atoms with Gasteiger partial charge >= 0.3 is 5.97 Å². The van der Waals surface area contributed by atoms with E-state index >= 15 is 0 Å². The van der Waals surface area contributed by atoms with Gasteiger partial charge in [0, 0.05) is 5.56 Å². The van der Waals surface area contributed by atoms with E-state index in [2.05, 4.69) is 11.8 Å². The second-order valence-corrected chi connectivity index (χ2v) is 2.90. The molecule has 0 aromatic heterocycles. The summed E-state index contributed by atoms with van der Waals surface area (Å²) in [5.74, 6) is 3.27. The molecule has 0 aliphatic rings. The Morgan fingerprint density at radius 3 is 2.53 bits per heavy atom. The molecule has 1 aromatic carbocycles. The van der Waals surface area contributed by atoms with Gasteiger partial charge in [-0.05, 0) is 12.1 Å². The van der Waals surface area contributed by atoms with Gasteiger partial charge in [-0.1, -0.05) is 30.0 Å². The highest BCUT2D eigenvalue weighted by Gasteiger charge is 2.21. The number of nitrogens with two attached hydrogens (primary N) is 1. The van der Waals surface area contributed by atoms with E-state index < -0.39 is 18.2 Å². The lowest BCUT2D eigenvalue weighted by molar-refractivity contribution is -0.139.